The number of aliphatic imine (C=N–C) groups is 1. The van der Waals surface area contributed by atoms with Gasteiger partial charge in [0.2, 0.25) is 0 Å². The van der Waals surface area contributed by atoms with E-state index in [0.29, 0.717) is 60.8 Å². The second-order valence-corrected chi connectivity index (χ2v) is 25.6. The zero-order chi connectivity index (χ0) is 50.3. The summed E-state index contributed by atoms with van der Waals surface area (Å²) in [6, 6.07) is 8.37. The lowest BCUT2D eigenvalue weighted by atomic mass is 9.32. The predicted molar refractivity (Wildman–Crippen MR) is 270 cm³/mol. The van der Waals surface area contributed by atoms with E-state index in [1.165, 1.54) is 12.5 Å². The lowest BCUT2D eigenvalue weighted by Crippen LogP contribution is -2.79. The molecule has 374 valence electrons. The molecule has 1 aromatic rings. The van der Waals surface area contributed by atoms with Gasteiger partial charge in [-0.1, -0.05) is 106 Å². The fourth-order valence-corrected chi connectivity index (χ4v) is 21.3. The molecule has 11 nitrogen and oxygen atoms in total. The Morgan fingerprint density at radius 1 is 0.889 bits per heavy atom. The van der Waals surface area contributed by atoms with E-state index < -0.39 is 84.7 Å². The number of ketones is 2. The van der Waals surface area contributed by atoms with Gasteiger partial charge >= 0.3 is 5.97 Å². The maximum atomic E-state index is 16.7. The number of carbonyl (C=O) groups excluding carboxylic acids is 2. The van der Waals surface area contributed by atoms with Gasteiger partial charge in [-0.05, 0) is 121 Å². The molecular formula is C61H67N3O8. The highest BCUT2D eigenvalue weighted by Crippen LogP contribution is 2.91. The highest BCUT2D eigenvalue weighted by Gasteiger charge is 2.93. The Bertz CT molecular complexity index is 3180. The van der Waals surface area contributed by atoms with Crippen LogP contribution in [0, 0.1) is 68.5 Å². The fourth-order valence-electron chi connectivity index (χ4n) is 21.3. The lowest BCUT2D eigenvalue weighted by Gasteiger charge is -2.72. The van der Waals surface area contributed by atoms with Gasteiger partial charge in [0.15, 0.2) is 11.7 Å². The Morgan fingerprint density at radius 3 is 2.40 bits per heavy atom. The molecule has 0 saturated heterocycles. The summed E-state index contributed by atoms with van der Waals surface area (Å²) in [4.78, 5) is 50.0. The number of hydrogen-bond donors (Lipinski definition) is 7. The number of benzene rings is 1. The van der Waals surface area contributed by atoms with Gasteiger partial charge in [-0.3, -0.25) is 9.59 Å². The Hall–Kier alpha value is -5.12. The molecule has 0 radical (unpaired) electrons. The number of aryl methyl sites for hydroxylation is 1. The molecule has 13 aliphatic rings. The van der Waals surface area contributed by atoms with Gasteiger partial charge in [0, 0.05) is 76.2 Å². The first-order chi connectivity index (χ1) is 34.1. The number of nitrogens with two attached hydrogens (primary N) is 2. The molecule has 2 spiro atoms. The first kappa shape index (κ1) is 45.5. The van der Waals surface area contributed by atoms with E-state index in [1.807, 2.05) is 31.2 Å². The molecule has 72 heavy (non-hydrogen) atoms. The van der Waals surface area contributed by atoms with Crippen LogP contribution in [0.4, 0.5) is 0 Å². The van der Waals surface area contributed by atoms with Crippen LogP contribution in [0.3, 0.4) is 0 Å². The summed E-state index contributed by atoms with van der Waals surface area (Å²) in [7, 11) is 0. The van der Waals surface area contributed by atoms with Crippen LogP contribution >= 0.6 is 0 Å². The monoisotopic (exact) mass is 969 g/mol. The summed E-state index contributed by atoms with van der Waals surface area (Å²) < 4.78 is 0. The number of Topliss-reactive ketones (excluding diaryl/α,β-unsaturated/α-hetero) is 2. The summed E-state index contributed by atoms with van der Waals surface area (Å²) >= 11 is 0. The molecule has 9 N–H and O–H groups in total. The third-order valence-electron chi connectivity index (χ3n) is 23.4. The minimum Gasteiger partial charge on any atom is -0.478 e. The third kappa shape index (κ3) is 4.45. The highest BCUT2D eigenvalue weighted by atomic mass is 16.4. The average molecular weight is 970 g/mol. The minimum absolute atomic E-state index is 0.0367. The number of rotatable bonds is 4. The molecule has 14 atom stereocenters. The van der Waals surface area contributed by atoms with E-state index in [4.69, 9.17) is 16.5 Å². The number of guanidine groups is 1. The van der Waals surface area contributed by atoms with E-state index in [2.05, 4.69) is 56.0 Å². The zero-order valence-corrected chi connectivity index (χ0v) is 42.0. The number of carboxylic acids is 1. The Balaban J connectivity index is 1.18. The Kier molecular flexibility index (Phi) is 8.58. The summed E-state index contributed by atoms with van der Waals surface area (Å²) in [5, 5.41) is 71.3. The Morgan fingerprint density at radius 2 is 1.65 bits per heavy atom. The van der Waals surface area contributed by atoms with Gasteiger partial charge in [-0.15, -0.1) is 11.8 Å². The van der Waals surface area contributed by atoms with Crippen molar-refractivity contribution in [3.63, 3.8) is 0 Å². The van der Waals surface area contributed by atoms with E-state index in [1.54, 1.807) is 0 Å². The van der Waals surface area contributed by atoms with Crippen LogP contribution < -0.4 is 11.5 Å². The number of allylic oxidation sites excluding steroid dienone is 4. The number of fused-ring (bicyclic) bond motifs is 3. The summed E-state index contributed by atoms with van der Waals surface area (Å²) in [6.45, 7) is 7.88. The van der Waals surface area contributed by atoms with Gasteiger partial charge in [0.1, 0.15) is 33.7 Å². The molecule has 11 heteroatoms. The van der Waals surface area contributed by atoms with Crippen molar-refractivity contribution in [1.29, 1.82) is 0 Å². The topological polar surface area (TPSA) is 217 Å². The number of carboxylic acid groups (broad SMARTS) is 1. The van der Waals surface area contributed by atoms with Gasteiger partial charge in [-0.25, -0.2) is 9.79 Å². The standard InChI is InChI=1S/C61H67N3O8/c1-32(50(67)68)39-20-25-55(64-51(62)63)26-27-56-46(34-13-7-8-14-34)61(55,72)60(39,71)40-19-18-36-29-38-30-57(69)44(37-17-16-33-12-6-9-15-35(33)28-37)48-52(2)22-10-5-11-23-58(59(38,70)47(56)43(36)40)49(57)45(41(65)31-54(56,58)4)53(48,3)24-21-42(52)66/h6,9,12,15,19,26-28,30,34,44,46-48,69-72H,7-8,11,13-14,16-18,20-25,29,31H2,1-4H3,(H,67,68)(H4,62,63,64)/b39-32+/t44-,46+,47-,48-,52-,53-,54-,55+,56+,57-,58+,59+,60+,61+/m1/s1. The van der Waals surface area contributed by atoms with Crippen LogP contribution in [0.1, 0.15) is 135 Å². The van der Waals surface area contributed by atoms with Crippen molar-refractivity contribution in [2.45, 2.75) is 158 Å². The van der Waals surface area contributed by atoms with Gasteiger partial charge in [0.05, 0.1) is 0 Å². The van der Waals surface area contributed by atoms with Gasteiger partial charge in [-0.2, -0.15) is 0 Å². The lowest BCUT2D eigenvalue weighted by molar-refractivity contribution is -0.241. The van der Waals surface area contributed by atoms with Crippen molar-refractivity contribution in [3.05, 3.63) is 110 Å². The van der Waals surface area contributed by atoms with Crippen molar-refractivity contribution in [1.82, 2.24) is 0 Å². The summed E-state index contributed by atoms with van der Waals surface area (Å²) in [6.07, 6.45) is 17.0. The van der Waals surface area contributed by atoms with Crippen LogP contribution in [0.2, 0.25) is 0 Å². The van der Waals surface area contributed by atoms with Crippen LogP contribution in [0.5, 0.6) is 0 Å². The molecule has 1 aromatic carbocycles. The normalized spacial score (nSPS) is 48.1. The first-order valence-corrected chi connectivity index (χ1v) is 27.0. The van der Waals surface area contributed by atoms with E-state index in [-0.39, 0.29) is 79.5 Å². The van der Waals surface area contributed by atoms with Crippen molar-refractivity contribution < 1.29 is 39.9 Å². The smallest absolute Gasteiger partial charge is 0.331 e. The van der Waals surface area contributed by atoms with Gasteiger partial charge < -0.3 is 37.0 Å². The molecule has 5 saturated carbocycles. The molecular weight excluding hydrogens is 903 g/mol. The largest absolute Gasteiger partial charge is 0.478 e. The van der Waals surface area contributed by atoms with Crippen molar-refractivity contribution in [3.8, 4) is 11.8 Å². The maximum absolute atomic E-state index is 16.7. The summed E-state index contributed by atoms with van der Waals surface area (Å²) in [5.41, 5.74) is 4.34. The maximum Gasteiger partial charge on any atom is 0.331 e. The molecule has 0 aromatic heterocycles. The van der Waals surface area contributed by atoms with Crippen molar-refractivity contribution >= 4 is 29.6 Å². The molecule has 13 aliphatic carbocycles. The highest BCUT2D eigenvalue weighted by molar-refractivity contribution is 6.03. The second kappa shape index (κ2) is 13.6. The van der Waals surface area contributed by atoms with E-state index >= 15 is 20.1 Å². The number of nitrogens with zero attached hydrogens (tertiary/aromatic N) is 1. The van der Waals surface area contributed by atoms with E-state index in [9.17, 15) is 19.8 Å². The number of carbonyl (C=O) groups is 3. The molecule has 14 rings (SSSR count). The quantitative estimate of drug-likeness (QED) is 0.0530. The van der Waals surface area contributed by atoms with Crippen molar-refractivity contribution in [2.75, 3.05) is 0 Å². The Labute approximate surface area is 421 Å². The van der Waals surface area contributed by atoms with Crippen molar-refractivity contribution in [2.24, 2.45) is 73.1 Å². The van der Waals surface area contributed by atoms with Crippen LogP contribution in [-0.2, 0) is 20.8 Å². The molecule has 5 fully saturated rings. The molecule has 0 amide bonds. The van der Waals surface area contributed by atoms with Crippen LogP contribution in [-0.4, -0.2) is 77.0 Å². The third-order valence-corrected chi connectivity index (χ3v) is 23.4. The van der Waals surface area contributed by atoms with Crippen LogP contribution in [0.25, 0.3) is 6.08 Å². The SMILES string of the molecule is C/C(C(=O)O)=C1/CC[C@]2(N=C(N)N)C=C[C@@]34[C@H]5C6=C(CC=C6[C@]1(O)[C@]2(O)[C@H]3C1CCCC1)CC1=C[C@]2(O)C3=C6C(=O)C[C@@]4(C)[C@@]3(CCC#CC[C@]3(C)C(=O)CC[C@@]6(C)[C@@H]3[C@H]2C2=Cc3ccccc3CC2)[C@]15O. The first-order valence-electron chi connectivity index (χ1n) is 27.0. The second-order valence-electron chi connectivity index (χ2n) is 25.6. The number of hydrogen-bond acceptors (Lipinski definition) is 8. The molecule has 0 heterocycles. The summed E-state index contributed by atoms with van der Waals surface area (Å²) in [5.74, 6) is 2.34. The zero-order valence-electron chi connectivity index (χ0n) is 42.0. The van der Waals surface area contributed by atoms with Gasteiger partial charge in [0.25, 0.3) is 0 Å². The molecule has 0 aliphatic heterocycles. The fraction of sp³-hybridized carbons (Fsp3) is 0.574. The average Bonchev–Trinajstić information content (AvgIpc) is 4.03. The van der Waals surface area contributed by atoms with E-state index in [0.717, 1.165) is 41.5 Å². The predicted octanol–water partition coefficient (Wildman–Crippen LogP) is 7.20. The number of aliphatic carboxylic acids is 1. The molecule has 6 bridgehead atoms. The minimum atomic E-state index is -2.34. The molecule has 0 unspecified atom stereocenters. The number of aliphatic hydroxyl groups is 4. The van der Waals surface area contributed by atoms with Crippen LogP contribution in [0.15, 0.2) is 104 Å².